The Hall–Kier alpha value is -1.53. The fourth-order valence-electron chi connectivity index (χ4n) is 3.26. The molecule has 1 fully saturated rings. The third-order valence-electron chi connectivity index (χ3n) is 4.52. The molecule has 2 aromatic carbocycles. The predicted molar refractivity (Wildman–Crippen MR) is 104 cm³/mol. The van der Waals surface area contributed by atoms with Gasteiger partial charge in [-0.2, -0.15) is 0 Å². The van der Waals surface area contributed by atoms with Crippen LogP contribution in [-0.4, -0.2) is 49.1 Å². The Kier molecular flexibility index (Phi) is 5.69. The molecule has 0 saturated carbocycles. The third kappa shape index (κ3) is 4.55. The summed E-state index contributed by atoms with van der Waals surface area (Å²) in [5.74, 6) is 0.680. The standard InChI is InChI=1S/C19H23NO3S2/c1-2-10-20(17-9-11-25(22,23)14-17)19(21)13-24-18-8-7-15-5-3-4-6-16(15)12-18/h3-8,12,17H,2,9-11,13-14H2,1H3/t17-/m1/s1. The molecule has 1 heterocycles. The lowest BCUT2D eigenvalue weighted by molar-refractivity contribution is -0.130. The first-order valence-corrected chi connectivity index (χ1v) is 11.4. The van der Waals surface area contributed by atoms with Gasteiger partial charge in [0, 0.05) is 17.5 Å². The van der Waals surface area contributed by atoms with Crippen LogP contribution in [-0.2, 0) is 14.6 Å². The Morgan fingerprint density at radius 2 is 1.96 bits per heavy atom. The number of carbonyl (C=O) groups excluding carboxylic acids is 1. The van der Waals surface area contributed by atoms with Gasteiger partial charge in [0.1, 0.15) is 0 Å². The molecule has 1 amide bonds. The maximum absolute atomic E-state index is 12.7. The second-order valence-corrected chi connectivity index (χ2v) is 9.72. The van der Waals surface area contributed by atoms with Gasteiger partial charge in [-0.05, 0) is 35.7 Å². The van der Waals surface area contributed by atoms with Crippen molar-refractivity contribution >= 4 is 38.3 Å². The summed E-state index contributed by atoms with van der Waals surface area (Å²) < 4.78 is 23.5. The van der Waals surface area contributed by atoms with Crippen molar-refractivity contribution in [3.63, 3.8) is 0 Å². The minimum Gasteiger partial charge on any atom is -0.338 e. The Bertz CT molecular complexity index is 864. The van der Waals surface area contributed by atoms with E-state index in [2.05, 4.69) is 24.3 Å². The van der Waals surface area contributed by atoms with Crippen molar-refractivity contribution in [1.29, 1.82) is 0 Å². The van der Waals surface area contributed by atoms with Crippen molar-refractivity contribution < 1.29 is 13.2 Å². The molecule has 0 radical (unpaired) electrons. The van der Waals surface area contributed by atoms with Crippen LogP contribution in [0, 0.1) is 0 Å². The molecule has 2 aromatic rings. The molecule has 0 aliphatic carbocycles. The topological polar surface area (TPSA) is 54.5 Å². The van der Waals surface area contributed by atoms with Gasteiger partial charge in [0.15, 0.2) is 9.84 Å². The van der Waals surface area contributed by atoms with Gasteiger partial charge in [-0.25, -0.2) is 8.42 Å². The van der Waals surface area contributed by atoms with E-state index in [0.29, 0.717) is 18.7 Å². The number of amides is 1. The van der Waals surface area contributed by atoms with Crippen LogP contribution in [0.25, 0.3) is 10.8 Å². The van der Waals surface area contributed by atoms with E-state index >= 15 is 0 Å². The van der Waals surface area contributed by atoms with E-state index in [1.54, 1.807) is 4.90 Å². The fraction of sp³-hybridized carbons (Fsp3) is 0.421. The minimum atomic E-state index is -2.98. The molecule has 1 aliphatic heterocycles. The van der Waals surface area contributed by atoms with Gasteiger partial charge in [-0.15, -0.1) is 11.8 Å². The Morgan fingerprint density at radius 1 is 1.20 bits per heavy atom. The van der Waals surface area contributed by atoms with Crippen molar-refractivity contribution in [3.05, 3.63) is 42.5 Å². The molecule has 4 nitrogen and oxygen atoms in total. The van der Waals surface area contributed by atoms with Gasteiger partial charge in [0.25, 0.3) is 0 Å². The van der Waals surface area contributed by atoms with Gasteiger partial charge in [-0.1, -0.05) is 37.3 Å². The largest absolute Gasteiger partial charge is 0.338 e. The lowest BCUT2D eigenvalue weighted by Gasteiger charge is -2.27. The van der Waals surface area contributed by atoms with Gasteiger partial charge >= 0.3 is 0 Å². The summed E-state index contributed by atoms with van der Waals surface area (Å²) in [5.41, 5.74) is 0. The second kappa shape index (κ2) is 7.79. The summed E-state index contributed by atoms with van der Waals surface area (Å²) in [5, 5.41) is 2.34. The summed E-state index contributed by atoms with van der Waals surface area (Å²) in [7, 11) is -2.98. The van der Waals surface area contributed by atoms with E-state index in [0.717, 1.165) is 16.7 Å². The normalized spacial score (nSPS) is 19.2. The van der Waals surface area contributed by atoms with Crippen molar-refractivity contribution in [1.82, 2.24) is 4.90 Å². The maximum Gasteiger partial charge on any atom is 0.233 e. The number of carbonyl (C=O) groups is 1. The Balaban J connectivity index is 1.66. The molecular weight excluding hydrogens is 354 g/mol. The maximum atomic E-state index is 12.7. The molecule has 1 atom stereocenters. The van der Waals surface area contributed by atoms with Gasteiger partial charge in [0.05, 0.1) is 17.3 Å². The van der Waals surface area contributed by atoms with E-state index < -0.39 is 9.84 Å². The first-order valence-electron chi connectivity index (χ1n) is 8.60. The van der Waals surface area contributed by atoms with Crippen LogP contribution in [0.5, 0.6) is 0 Å². The zero-order valence-electron chi connectivity index (χ0n) is 14.3. The highest BCUT2D eigenvalue weighted by Gasteiger charge is 2.34. The number of rotatable bonds is 6. The molecule has 3 rings (SSSR count). The number of sulfone groups is 1. The molecule has 0 spiro atoms. The average molecular weight is 378 g/mol. The van der Waals surface area contributed by atoms with E-state index in [1.807, 2.05) is 25.1 Å². The van der Waals surface area contributed by atoms with Crippen molar-refractivity contribution in [2.75, 3.05) is 23.8 Å². The second-order valence-electron chi connectivity index (χ2n) is 6.44. The number of benzene rings is 2. The van der Waals surface area contributed by atoms with Crippen LogP contribution in [0.3, 0.4) is 0 Å². The lowest BCUT2D eigenvalue weighted by atomic mass is 10.1. The third-order valence-corrected chi connectivity index (χ3v) is 7.25. The number of fused-ring (bicyclic) bond motifs is 1. The molecule has 6 heteroatoms. The van der Waals surface area contributed by atoms with Crippen LogP contribution in [0.15, 0.2) is 47.4 Å². The zero-order valence-corrected chi connectivity index (χ0v) is 16.0. The highest BCUT2D eigenvalue weighted by Crippen LogP contribution is 2.25. The van der Waals surface area contributed by atoms with Gasteiger partial charge in [0.2, 0.25) is 5.91 Å². The van der Waals surface area contributed by atoms with E-state index in [4.69, 9.17) is 0 Å². The van der Waals surface area contributed by atoms with E-state index in [-0.39, 0.29) is 23.5 Å². The smallest absolute Gasteiger partial charge is 0.233 e. The van der Waals surface area contributed by atoms with Crippen molar-refractivity contribution in [3.8, 4) is 0 Å². The molecule has 0 unspecified atom stereocenters. The first kappa shape index (κ1) is 18.3. The number of hydrogen-bond acceptors (Lipinski definition) is 4. The SMILES string of the molecule is CCCN(C(=O)CSc1ccc2ccccc2c1)[C@@H]1CCS(=O)(=O)C1. The molecule has 0 aromatic heterocycles. The molecule has 25 heavy (non-hydrogen) atoms. The molecular formula is C19H23NO3S2. The van der Waals surface area contributed by atoms with Crippen LogP contribution >= 0.6 is 11.8 Å². The van der Waals surface area contributed by atoms with Crippen LogP contribution < -0.4 is 0 Å². The lowest BCUT2D eigenvalue weighted by Crippen LogP contribution is -2.42. The number of hydrogen-bond donors (Lipinski definition) is 0. The average Bonchev–Trinajstić information content (AvgIpc) is 2.97. The number of nitrogens with zero attached hydrogens (tertiary/aromatic N) is 1. The molecule has 0 N–H and O–H groups in total. The van der Waals surface area contributed by atoms with Crippen LogP contribution in [0.2, 0.25) is 0 Å². The summed E-state index contributed by atoms with van der Waals surface area (Å²) in [6.07, 6.45) is 1.40. The first-order chi connectivity index (χ1) is 12.0. The quantitative estimate of drug-likeness (QED) is 0.725. The Labute approximate surface area is 153 Å². The number of thioether (sulfide) groups is 1. The van der Waals surface area contributed by atoms with Crippen molar-refractivity contribution in [2.45, 2.75) is 30.7 Å². The van der Waals surface area contributed by atoms with Crippen LogP contribution in [0.1, 0.15) is 19.8 Å². The Morgan fingerprint density at radius 3 is 2.64 bits per heavy atom. The summed E-state index contributed by atoms with van der Waals surface area (Å²) >= 11 is 1.52. The van der Waals surface area contributed by atoms with Gasteiger partial charge < -0.3 is 4.90 Å². The monoisotopic (exact) mass is 377 g/mol. The van der Waals surface area contributed by atoms with Crippen molar-refractivity contribution in [2.24, 2.45) is 0 Å². The molecule has 0 bridgehead atoms. The zero-order chi connectivity index (χ0) is 17.9. The molecule has 1 aliphatic rings. The fourth-order valence-corrected chi connectivity index (χ4v) is 5.82. The highest BCUT2D eigenvalue weighted by atomic mass is 32.2. The highest BCUT2D eigenvalue weighted by molar-refractivity contribution is 8.00. The van der Waals surface area contributed by atoms with Crippen LogP contribution in [0.4, 0.5) is 0 Å². The summed E-state index contributed by atoms with van der Waals surface area (Å²) in [4.78, 5) is 15.5. The van der Waals surface area contributed by atoms with Gasteiger partial charge in [-0.3, -0.25) is 4.79 Å². The van der Waals surface area contributed by atoms with E-state index in [1.165, 1.54) is 17.1 Å². The molecule has 1 saturated heterocycles. The predicted octanol–water partition coefficient (Wildman–Crippen LogP) is 3.36. The summed E-state index contributed by atoms with van der Waals surface area (Å²) in [6, 6.07) is 14.2. The molecule has 134 valence electrons. The summed E-state index contributed by atoms with van der Waals surface area (Å²) in [6.45, 7) is 2.64. The van der Waals surface area contributed by atoms with E-state index in [9.17, 15) is 13.2 Å². The minimum absolute atomic E-state index is 0.0297.